The zero-order valence-electron chi connectivity index (χ0n) is 14.0. The molecule has 2 N–H and O–H groups in total. The lowest BCUT2D eigenvalue weighted by Gasteiger charge is -2.35. The molecule has 0 radical (unpaired) electrons. The number of guanidine groups is 1. The number of benzene rings is 1. The van der Waals surface area contributed by atoms with Gasteiger partial charge in [0.1, 0.15) is 5.65 Å². The molecule has 1 aromatic carbocycles. The number of nitrogens with zero attached hydrogens (tertiary/aromatic N) is 4. The van der Waals surface area contributed by atoms with E-state index < -0.39 is 0 Å². The molecule has 2 aromatic heterocycles. The average molecular weight is 319 g/mol. The van der Waals surface area contributed by atoms with E-state index in [4.69, 9.17) is 10.7 Å². The molecule has 3 heterocycles. The summed E-state index contributed by atoms with van der Waals surface area (Å²) in [6, 6.07) is 14.6. The number of nitrogens with two attached hydrogens (primary N) is 1. The van der Waals surface area contributed by atoms with Crippen LogP contribution in [0, 0.1) is 0 Å². The molecule has 1 atom stereocenters. The first kappa shape index (κ1) is 14.8. The van der Waals surface area contributed by atoms with E-state index in [0.717, 1.165) is 29.9 Å². The second-order valence-electron chi connectivity index (χ2n) is 6.57. The quantitative estimate of drug-likeness (QED) is 0.790. The topological polar surface area (TPSA) is 58.9 Å². The van der Waals surface area contributed by atoms with Gasteiger partial charge < -0.3 is 10.6 Å². The van der Waals surface area contributed by atoms with E-state index in [1.807, 2.05) is 42.5 Å². The molecule has 0 saturated heterocycles. The van der Waals surface area contributed by atoms with Gasteiger partial charge in [0.05, 0.1) is 17.4 Å². The molecule has 0 saturated carbocycles. The summed E-state index contributed by atoms with van der Waals surface area (Å²) in [4.78, 5) is 11.2. The summed E-state index contributed by atoms with van der Waals surface area (Å²) in [6.07, 6.45) is 4.90. The van der Waals surface area contributed by atoms with Crippen molar-refractivity contribution in [2.24, 2.45) is 10.7 Å². The summed E-state index contributed by atoms with van der Waals surface area (Å²) >= 11 is 0. The van der Waals surface area contributed by atoms with Crippen LogP contribution in [0.25, 0.3) is 16.9 Å². The van der Waals surface area contributed by atoms with Gasteiger partial charge in [-0.05, 0) is 37.1 Å². The molecule has 0 amide bonds. The van der Waals surface area contributed by atoms with Crippen LogP contribution in [-0.2, 0) is 5.54 Å². The minimum Gasteiger partial charge on any atom is -0.370 e. The number of imidazole rings is 1. The summed E-state index contributed by atoms with van der Waals surface area (Å²) in [5.41, 5.74) is 10.1. The van der Waals surface area contributed by atoms with E-state index in [2.05, 4.69) is 40.6 Å². The Morgan fingerprint density at radius 3 is 2.88 bits per heavy atom. The number of fused-ring (bicyclic) bond motifs is 1. The number of hydrogen-bond donors (Lipinski definition) is 1. The van der Waals surface area contributed by atoms with E-state index in [1.54, 1.807) is 0 Å². The second-order valence-corrected chi connectivity index (χ2v) is 6.57. The summed E-state index contributed by atoms with van der Waals surface area (Å²) < 4.78 is 2.10. The minimum absolute atomic E-state index is 0.285. The first-order chi connectivity index (χ1) is 11.6. The van der Waals surface area contributed by atoms with Gasteiger partial charge in [-0.15, -0.1) is 0 Å². The molecule has 3 aromatic rings. The lowest BCUT2D eigenvalue weighted by Crippen LogP contribution is -2.43. The highest BCUT2D eigenvalue weighted by Gasteiger charge is 2.31. The Morgan fingerprint density at radius 2 is 2.04 bits per heavy atom. The molecule has 5 heteroatoms. The Balaban J connectivity index is 1.80. The normalized spacial score (nSPS) is 21.1. The Kier molecular flexibility index (Phi) is 3.30. The fourth-order valence-electron chi connectivity index (χ4n) is 3.26. The summed E-state index contributed by atoms with van der Waals surface area (Å²) in [6.45, 7) is 3.06. The molecule has 0 fully saturated rings. The number of rotatable bonds is 2. The molecule has 0 aliphatic carbocycles. The monoisotopic (exact) mass is 319 g/mol. The number of aromatic nitrogens is 2. The van der Waals surface area contributed by atoms with Gasteiger partial charge in [0.25, 0.3) is 0 Å². The van der Waals surface area contributed by atoms with E-state index in [0.29, 0.717) is 5.96 Å². The van der Waals surface area contributed by atoms with E-state index in [1.165, 1.54) is 5.56 Å². The molecule has 122 valence electrons. The van der Waals surface area contributed by atoms with Crippen LogP contribution in [0.4, 0.5) is 0 Å². The molecule has 4 rings (SSSR count). The van der Waals surface area contributed by atoms with Gasteiger partial charge in [0.2, 0.25) is 0 Å². The van der Waals surface area contributed by atoms with Crippen LogP contribution in [0.3, 0.4) is 0 Å². The first-order valence-electron chi connectivity index (χ1n) is 8.16. The zero-order valence-corrected chi connectivity index (χ0v) is 14.0. The standard InChI is InChI=1S/C19H21N5/c1-19(9-11-23(2)18(20)22-19)15-7-5-6-14(12-15)16-13-21-17-8-3-4-10-24(16)17/h3-8,10,12-13H,9,11H2,1-2H3,(H2,20,22)/t19-/m0/s1. The molecule has 1 aliphatic rings. The molecular formula is C19H21N5. The second kappa shape index (κ2) is 5.37. The maximum absolute atomic E-state index is 6.06. The zero-order chi connectivity index (χ0) is 16.7. The highest BCUT2D eigenvalue weighted by molar-refractivity contribution is 5.79. The summed E-state index contributed by atoms with van der Waals surface area (Å²) in [5.74, 6) is 0.601. The van der Waals surface area contributed by atoms with Crippen molar-refractivity contribution in [1.29, 1.82) is 0 Å². The Morgan fingerprint density at radius 1 is 1.17 bits per heavy atom. The SMILES string of the molecule is CN1CC[C@@](C)(c2cccc(-c3cnc4ccccn34)c2)N=C1N. The van der Waals surface area contributed by atoms with Gasteiger partial charge in [-0.1, -0.05) is 24.3 Å². The molecule has 1 aliphatic heterocycles. The summed E-state index contributed by atoms with van der Waals surface area (Å²) in [7, 11) is 1.98. The lowest BCUT2D eigenvalue weighted by atomic mass is 9.87. The van der Waals surface area contributed by atoms with Crippen LogP contribution in [0.1, 0.15) is 18.9 Å². The van der Waals surface area contributed by atoms with Crippen molar-refractivity contribution in [3.8, 4) is 11.3 Å². The number of hydrogen-bond acceptors (Lipinski definition) is 4. The van der Waals surface area contributed by atoms with Crippen LogP contribution >= 0.6 is 0 Å². The first-order valence-corrected chi connectivity index (χ1v) is 8.16. The third kappa shape index (κ3) is 2.33. The van der Waals surface area contributed by atoms with Gasteiger partial charge in [-0.3, -0.25) is 4.40 Å². The van der Waals surface area contributed by atoms with Crippen molar-refractivity contribution in [2.45, 2.75) is 18.9 Å². The largest absolute Gasteiger partial charge is 0.370 e. The van der Waals surface area contributed by atoms with Crippen molar-refractivity contribution >= 4 is 11.6 Å². The van der Waals surface area contributed by atoms with Gasteiger partial charge in [0.15, 0.2) is 5.96 Å². The lowest BCUT2D eigenvalue weighted by molar-refractivity contribution is 0.339. The third-order valence-corrected chi connectivity index (χ3v) is 4.88. The van der Waals surface area contributed by atoms with Crippen LogP contribution in [-0.4, -0.2) is 33.8 Å². The van der Waals surface area contributed by atoms with Gasteiger partial charge in [0, 0.05) is 25.4 Å². The fourth-order valence-corrected chi connectivity index (χ4v) is 3.26. The van der Waals surface area contributed by atoms with Gasteiger partial charge in [-0.25, -0.2) is 9.98 Å². The van der Waals surface area contributed by atoms with Crippen molar-refractivity contribution in [3.05, 3.63) is 60.4 Å². The molecule has 24 heavy (non-hydrogen) atoms. The molecule has 0 spiro atoms. The van der Waals surface area contributed by atoms with Crippen molar-refractivity contribution in [3.63, 3.8) is 0 Å². The molecule has 0 bridgehead atoms. The average Bonchev–Trinajstić information content (AvgIpc) is 3.03. The minimum atomic E-state index is -0.285. The van der Waals surface area contributed by atoms with Gasteiger partial charge >= 0.3 is 0 Å². The van der Waals surface area contributed by atoms with Crippen molar-refractivity contribution in [1.82, 2.24) is 14.3 Å². The van der Waals surface area contributed by atoms with E-state index in [9.17, 15) is 0 Å². The summed E-state index contributed by atoms with van der Waals surface area (Å²) in [5, 5.41) is 0. The Hall–Kier alpha value is -2.82. The highest BCUT2D eigenvalue weighted by Crippen LogP contribution is 2.34. The van der Waals surface area contributed by atoms with Crippen LogP contribution in [0.2, 0.25) is 0 Å². The smallest absolute Gasteiger partial charge is 0.191 e. The maximum atomic E-state index is 6.06. The predicted octanol–water partition coefficient (Wildman–Crippen LogP) is 2.87. The van der Waals surface area contributed by atoms with Crippen molar-refractivity contribution in [2.75, 3.05) is 13.6 Å². The van der Waals surface area contributed by atoms with E-state index >= 15 is 0 Å². The molecule has 0 unspecified atom stereocenters. The fraction of sp³-hybridized carbons (Fsp3) is 0.263. The van der Waals surface area contributed by atoms with E-state index in [-0.39, 0.29) is 5.54 Å². The number of aliphatic imine (C=N–C) groups is 1. The van der Waals surface area contributed by atoms with Crippen LogP contribution in [0.15, 0.2) is 59.9 Å². The van der Waals surface area contributed by atoms with Gasteiger partial charge in [-0.2, -0.15) is 0 Å². The maximum Gasteiger partial charge on any atom is 0.191 e. The number of pyridine rings is 1. The van der Waals surface area contributed by atoms with Crippen LogP contribution < -0.4 is 5.73 Å². The van der Waals surface area contributed by atoms with Crippen LogP contribution in [0.5, 0.6) is 0 Å². The Bertz CT molecular complexity index is 926. The predicted molar refractivity (Wildman–Crippen MR) is 96.8 cm³/mol. The Labute approximate surface area is 141 Å². The third-order valence-electron chi connectivity index (χ3n) is 4.88. The molecular weight excluding hydrogens is 298 g/mol. The molecule has 5 nitrogen and oxygen atoms in total. The highest BCUT2D eigenvalue weighted by atomic mass is 15.3. The van der Waals surface area contributed by atoms with Crippen molar-refractivity contribution < 1.29 is 0 Å².